The Labute approximate surface area is 118 Å². The van der Waals surface area contributed by atoms with Gasteiger partial charge in [0, 0.05) is 25.7 Å². The van der Waals surface area contributed by atoms with E-state index in [4.69, 9.17) is 0 Å². The molecule has 1 fully saturated rings. The molecule has 2 atom stereocenters. The van der Waals surface area contributed by atoms with E-state index in [-0.39, 0.29) is 0 Å². The topological polar surface area (TPSA) is 15.3 Å². The van der Waals surface area contributed by atoms with E-state index in [0.717, 1.165) is 12.5 Å². The third-order valence-corrected chi connectivity index (χ3v) is 4.19. The number of rotatable bonds is 7. The van der Waals surface area contributed by atoms with Crippen LogP contribution in [0.15, 0.2) is 30.3 Å². The van der Waals surface area contributed by atoms with Crippen LogP contribution in [0, 0.1) is 0 Å². The average molecular weight is 260 g/mol. The van der Waals surface area contributed by atoms with E-state index in [1.165, 1.54) is 44.5 Å². The minimum Gasteiger partial charge on any atom is -0.313 e. The van der Waals surface area contributed by atoms with E-state index in [1.54, 1.807) is 0 Å². The van der Waals surface area contributed by atoms with Gasteiger partial charge in [-0.1, -0.05) is 43.7 Å². The molecule has 2 rings (SSSR count). The molecule has 1 heterocycles. The first kappa shape index (κ1) is 14.5. The van der Waals surface area contributed by atoms with E-state index < -0.39 is 0 Å². The highest BCUT2D eigenvalue weighted by molar-refractivity contribution is 5.20. The Kier molecular flexibility index (Phi) is 5.87. The van der Waals surface area contributed by atoms with Gasteiger partial charge in [-0.05, 0) is 37.8 Å². The van der Waals surface area contributed by atoms with Gasteiger partial charge in [-0.15, -0.1) is 0 Å². The second-order valence-corrected chi connectivity index (χ2v) is 5.84. The average Bonchev–Trinajstić information content (AvgIpc) is 2.89. The molecule has 0 aliphatic carbocycles. The summed E-state index contributed by atoms with van der Waals surface area (Å²) in [4.78, 5) is 2.60. The highest BCUT2D eigenvalue weighted by Gasteiger charge is 2.22. The normalized spacial score (nSPS) is 21.7. The molecule has 0 aromatic heterocycles. The standard InChI is InChI=1S/C17H28N2/c1-3-7-15(2)18-11-13-19-12-10-17(14-19)16-8-5-4-6-9-16/h4-6,8-9,15,17-18H,3,7,10-14H2,1-2H3. The van der Waals surface area contributed by atoms with Crippen LogP contribution in [0.25, 0.3) is 0 Å². The van der Waals surface area contributed by atoms with Crippen molar-refractivity contribution in [1.29, 1.82) is 0 Å². The van der Waals surface area contributed by atoms with Gasteiger partial charge in [0.15, 0.2) is 0 Å². The molecule has 0 saturated carbocycles. The lowest BCUT2D eigenvalue weighted by molar-refractivity contribution is 0.323. The molecule has 0 spiro atoms. The molecule has 1 saturated heterocycles. The molecule has 19 heavy (non-hydrogen) atoms. The van der Waals surface area contributed by atoms with Gasteiger partial charge in [-0.25, -0.2) is 0 Å². The van der Waals surface area contributed by atoms with Gasteiger partial charge in [0.05, 0.1) is 0 Å². The fourth-order valence-corrected chi connectivity index (χ4v) is 3.04. The van der Waals surface area contributed by atoms with Crippen molar-refractivity contribution in [3.05, 3.63) is 35.9 Å². The minimum absolute atomic E-state index is 0.664. The summed E-state index contributed by atoms with van der Waals surface area (Å²) in [6, 6.07) is 11.6. The van der Waals surface area contributed by atoms with Gasteiger partial charge in [0.1, 0.15) is 0 Å². The summed E-state index contributed by atoms with van der Waals surface area (Å²) in [6.07, 6.45) is 3.87. The monoisotopic (exact) mass is 260 g/mol. The van der Waals surface area contributed by atoms with Gasteiger partial charge in [0.2, 0.25) is 0 Å². The van der Waals surface area contributed by atoms with Crippen molar-refractivity contribution >= 4 is 0 Å². The predicted octanol–water partition coefficient (Wildman–Crippen LogP) is 3.25. The van der Waals surface area contributed by atoms with Gasteiger partial charge in [0.25, 0.3) is 0 Å². The summed E-state index contributed by atoms with van der Waals surface area (Å²) in [5.41, 5.74) is 1.51. The van der Waals surface area contributed by atoms with E-state index in [9.17, 15) is 0 Å². The third kappa shape index (κ3) is 4.63. The van der Waals surface area contributed by atoms with Gasteiger partial charge >= 0.3 is 0 Å². The molecular weight excluding hydrogens is 232 g/mol. The first-order chi connectivity index (χ1) is 9.29. The third-order valence-electron chi connectivity index (χ3n) is 4.19. The molecule has 1 aromatic rings. The minimum atomic E-state index is 0.664. The maximum Gasteiger partial charge on any atom is 0.0107 e. The molecule has 1 aromatic carbocycles. The van der Waals surface area contributed by atoms with Crippen LogP contribution < -0.4 is 5.32 Å². The van der Waals surface area contributed by atoms with E-state index in [1.807, 2.05) is 0 Å². The zero-order chi connectivity index (χ0) is 13.5. The maximum absolute atomic E-state index is 3.62. The van der Waals surface area contributed by atoms with Crippen molar-refractivity contribution < 1.29 is 0 Å². The summed E-state index contributed by atoms with van der Waals surface area (Å²) in [7, 11) is 0. The molecule has 1 N–H and O–H groups in total. The van der Waals surface area contributed by atoms with Crippen LogP contribution >= 0.6 is 0 Å². The number of likely N-dealkylation sites (tertiary alicyclic amines) is 1. The predicted molar refractivity (Wildman–Crippen MR) is 82.6 cm³/mol. The highest BCUT2D eigenvalue weighted by Crippen LogP contribution is 2.26. The summed E-state index contributed by atoms with van der Waals surface area (Å²) in [5, 5.41) is 3.62. The van der Waals surface area contributed by atoms with E-state index in [2.05, 4.69) is 54.4 Å². The summed E-state index contributed by atoms with van der Waals surface area (Å²) in [5.74, 6) is 0.745. The van der Waals surface area contributed by atoms with Crippen molar-refractivity contribution in [3.8, 4) is 0 Å². The number of hydrogen-bond acceptors (Lipinski definition) is 2. The van der Waals surface area contributed by atoms with Gasteiger partial charge < -0.3 is 10.2 Å². The number of benzene rings is 1. The Hall–Kier alpha value is -0.860. The zero-order valence-electron chi connectivity index (χ0n) is 12.4. The molecule has 1 aliphatic heterocycles. The van der Waals surface area contributed by atoms with Crippen molar-refractivity contribution in [2.45, 2.75) is 45.1 Å². The highest BCUT2D eigenvalue weighted by atomic mass is 15.2. The van der Waals surface area contributed by atoms with Gasteiger partial charge in [-0.3, -0.25) is 0 Å². The lowest BCUT2D eigenvalue weighted by Crippen LogP contribution is -2.34. The molecule has 0 radical (unpaired) electrons. The van der Waals surface area contributed by atoms with Gasteiger partial charge in [-0.2, -0.15) is 0 Å². The zero-order valence-corrected chi connectivity index (χ0v) is 12.4. The summed E-state index contributed by atoms with van der Waals surface area (Å²) >= 11 is 0. The van der Waals surface area contributed by atoms with E-state index in [0.29, 0.717) is 6.04 Å². The molecule has 0 bridgehead atoms. The fourth-order valence-electron chi connectivity index (χ4n) is 3.04. The van der Waals surface area contributed by atoms with Crippen molar-refractivity contribution in [1.82, 2.24) is 10.2 Å². The van der Waals surface area contributed by atoms with Crippen molar-refractivity contribution in [2.24, 2.45) is 0 Å². The van der Waals surface area contributed by atoms with E-state index >= 15 is 0 Å². The molecule has 2 unspecified atom stereocenters. The maximum atomic E-state index is 3.62. The first-order valence-electron chi connectivity index (χ1n) is 7.80. The quantitative estimate of drug-likeness (QED) is 0.809. The summed E-state index contributed by atoms with van der Waals surface area (Å²) in [6.45, 7) is 9.35. The lowest BCUT2D eigenvalue weighted by Gasteiger charge is -2.19. The van der Waals surface area contributed by atoms with Crippen LogP contribution in [0.5, 0.6) is 0 Å². The SMILES string of the molecule is CCCC(C)NCCN1CCC(c2ccccc2)C1. The Morgan fingerprint density at radius 2 is 2.11 bits per heavy atom. The Morgan fingerprint density at radius 1 is 1.32 bits per heavy atom. The second kappa shape index (κ2) is 7.66. The Balaban J connectivity index is 1.68. The molecular formula is C17H28N2. The number of nitrogens with one attached hydrogen (secondary N) is 1. The summed E-state index contributed by atoms with van der Waals surface area (Å²) < 4.78 is 0. The smallest absolute Gasteiger partial charge is 0.0107 e. The van der Waals surface area contributed by atoms with Crippen molar-refractivity contribution in [2.75, 3.05) is 26.2 Å². The van der Waals surface area contributed by atoms with Crippen LogP contribution in [0.4, 0.5) is 0 Å². The molecule has 0 amide bonds. The van der Waals surface area contributed by atoms with Crippen LogP contribution in [0.2, 0.25) is 0 Å². The largest absolute Gasteiger partial charge is 0.313 e. The fraction of sp³-hybridized carbons (Fsp3) is 0.647. The van der Waals surface area contributed by atoms with Crippen molar-refractivity contribution in [3.63, 3.8) is 0 Å². The number of nitrogens with zero attached hydrogens (tertiary/aromatic N) is 1. The molecule has 1 aliphatic rings. The Morgan fingerprint density at radius 3 is 2.84 bits per heavy atom. The first-order valence-corrected chi connectivity index (χ1v) is 7.80. The second-order valence-electron chi connectivity index (χ2n) is 5.84. The lowest BCUT2D eigenvalue weighted by atomic mass is 9.99. The van der Waals surface area contributed by atoms with Crippen LogP contribution in [0.1, 0.15) is 44.6 Å². The number of hydrogen-bond donors (Lipinski definition) is 1. The van der Waals surface area contributed by atoms with Crippen LogP contribution in [-0.4, -0.2) is 37.1 Å². The molecule has 106 valence electrons. The molecule has 2 heteroatoms. The van der Waals surface area contributed by atoms with Crippen LogP contribution in [0.3, 0.4) is 0 Å². The molecule has 2 nitrogen and oxygen atoms in total. The van der Waals surface area contributed by atoms with Crippen LogP contribution in [-0.2, 0) is 0 Å². The Bertz CT molecular complexity index is 350.